The number of sulfonamides is 1. The van der Waals surface area contributed by atoms with Crippen molar-refractivity contribution >= 4 is 32.7 Å². The molecule has 9 nitrogen and oxygen atoms in total. The van der Waals surface area contributed by atoms with Crippen molar-refractivity contribution in [2.45, 2.75) is 13.3 Å². The van der Waals surface area contributed by atoms with Crippen LogP contribution >= 0.6 is 0 Å². The second-order valence-corrected chi connectivity index (χ2v) is 8.48. The van der Waals surface area contributed by atoms with Gasteiger partial charge in [0.15, 0.2) is 0 Å². The van der Waals surface area contributed by atoms with Gasteiger partial charge in [0.05, 0.1) is 23.3 Å². The van der Waals surface area contributed by atoms with Crippen LogP contribution in [0, 0.1) is 6.92 Å². The smallest absolute Gasteiger partial charge is 0.262 e. The predicted molar refractivity (Wildman–Crippen MR) is 103 cm³/mol. The van der Waals surface area contributed by atoms with Gasteiger partial charge in [-0.15, -0.1) is 0 Å². The Morgan fingerprint density at radius 1 is 1.36 bits per heavy atom. The molecule has 0 saturated heterocycles. The van der Waals surface area contributed by atoms with E-state index in [1.165, 1.54) is 10.6 Å². The highest BCUT2D eigenvalue weighted by Gasteiger charge is 2.29. The van der Waals surface area contributed by atoms with Crippen LogP contribution in [0.5, 0.6) is 0 Å². The number of benzene rings is 1. The number of rotatable bonds is 5. The van der Waals surface area contributed by atoms with Crippen LogP contribution in [0.1, 0.15) is 21.7 Å². The zero-order chi connectivity index (χ0) is 19.9. The van der Waals surface area contributed by atoms with Gasteiger partial charge in [-0.3, -0.25) is 13.9 Å². The number of nitrogens with one attached hydrogen (secondary N) is 2. The van der Waals surface area contributed by atoms with E-state index in [-0.39, 0.29) is 34.7 Å². The molecule has 146 valence electrons. The molecule has 0 atom stereocenters. The molecule has 4 rings (SSSR count). The van der Waals surface area contributed by atoms with Crippen molar-refractivity contribution < 1.29 is 17.6 Å². The fourth-order valence-electron chi connectivity index (χ4n) is 3.42. The number of carbonyl (C=O) groups excluding carboxylic acids is 1. The third-order valence-corrected chi connectivity index (χ3v) is 6.49. The lowest BCUT2D eigenvalue weighted by Gasteiger charge is -2.19. The van der Waals surface area contributed by atoms with Crippen molar-refractivity contribution in [2.75, 3.05) is 23.1 Å². The number of fused-ring (bicyclic) bond motifs is 2. The van der Waals surface area contributed by atoms with Crippen LogP contribution < -0.4 is 15.2 Å². The normalized spacial score (nSPS) is 13.7. The van der Waals surface area contributed by atoms with Crippen molar-refractivity contribution in [3.05, 3.63) is 57.8 Å². The predicted octanol–water partition coefficient (Wildman–Crippen LogP) is 0.947. The summed E-state index contributed by atoms with van der Waals surface area (Å²) in [6.07, 6.45) is 1.85. The molecule has 10 heteroatoms. The quantitative estimate of drug-likeness (QED) is 0.654. The topological polar surface area (TPSA) is 125 Å². The molecule has 1 amide bonds. The summed E-state index contributed by atoms with van der Waals surface area (Å²) in [6, 6.07) is 7.36. The molecule has 3 aromatic rings. The Labute approximate surface area is 160 Å². The van der Waals surface area contributed by atoms with Crippen LogP contribution in [0.3, 0.4) is 0 Å². The molecule has 28 heavy (non-hydrogen) atoms. The Kier molecular flexibility index (Phi) is 4.42. The molecule has 0 aliphatic carbocycles. The third kappa shape index (κ3) is 3.05. The highest BCUT2D eigenvalue weighted by atomic mass is 32.2. The zero-order valence-corrected chi connectivity index (χ0v) is 15.9. The van der Waals surface area contributed by atoms with Crippen molar-refractivity contribution in [3.63, 3.8) is 0 Å². The molecular formula is C18H18N4O5S. The van der Waals surface area contributed by atoms with E-state index in [9.17, 15) is 18.0 Å². The summed E-state index contributed by atoms with van der Waals surface area (Å²) in [5.74, 6) is -0.587. The van der Waals surface area contributed by atoms with Gasteiger partial charge in [0.1, 0.15) is 11.1 Å². The summed E-state index contributed by atoms with van der Waals surface area (Å²) in [7, 11) is -3.58. The average molecular weight is 402 g/mol. The lowest BCUT2D eigenvalue weighted by atomic mass is 10.2. The minimum atomic E-state index is -3.58. The van der Waals surface area contributed by atoms with Crippen molar-refractivity contribution in [1.82, 2.24) is 15.3 Å². The highest BCUT2D eigenvalue weighted by molar-refractivity contribution is 7.92. The van der Waals surface area contributed by atoms with E-state index in [0.717, 1.165) is 5.56 Å². The molecular weight excluding hydrogens is 384 g/mol. The van der Waals surface area contributed by atoms with Gasteiger partial charge in [-0.1, -0.05) is 18.2 Å². The Bertz CT molecular complexity index is 1230. The molecule has 0 radical (unpaired) electrons. The van der Waals surface area contributed by atoms with Gasteiger partial charge in [-0.25, -0.2) is 13.4 Å². The number of para-hydroxylation sites is 1. The number of aryl methyl sites for hydroxylation is 1. The second-order valence-electron chi connectivity index (χ2n) is 6.47. The number of hydrogen-bond donors (Lipinski definition) is 2. The molecule has 3 heterocycles. The van der Waals surface area contributed by atoms with Crippen molar-refractivity contribution in [2.24, 2.45) is 0 Å². The Balaban J connectivity index is 1.48. The Morgan fingerprint density at radius 3 is 2.96 bits per heavy atom. The van der Waals surface area contributed by atoms with Crippen LogP contribution in [0.25, 0.3) is 11.1 Å². The van der Waals surface area contributed by atoms with Crippen molar-refractivity contribution in [3.8, 4) is 0 Å². The van der Waals surface area contributed by atoms with E-state index < -0.39 is 21.5 Å². The number of anilines is 1. The first-order chi connectivity index (χ1) is 13.4. The molecule has 1 aliphatic heterocycles. The fourth-order valence-corrected chi connectivity index (χ4v) is 4.84. The van der Waals surface area contributed by atoms with Crippen LogP contribution in [-0.4, -0.2) is 43.1 Å². The summed E-state index contributed by atoms with van der Waals surface area (Å²) in [4.78, 5) is 30.8. The van der Waals surface area contributed by atoms with E-state index in [2.05, 4.69) is 15.3 Å². The number of amides is 1. The van der Waals surface area contributed by atoms with Crippen LogP contribution in [0.4, 0.5) is 5.69 Å². The third-order valence-electron chi connectivity index (χ3n) is 4.72. The van der Waals surface area contributed by atoms with E-state index in [1.54, 1.807) is 19.1 Å². The molecule has 0 bridgehead atoms. The first kappa shape index (κ1) is 18.2. The van der Waals surface area contributed by atoms with Gasteiger partial charge < -0.3 is 14.7 Å². The summed E-state index contributed by atoms with van der Waals surface area (Å²) in [6.45, 7) is 1.85. The Hall–Kier alpha value is -3.14. The monoisotopic (exact) mass is 402 g/mol. The number of furan rings is 1. The van der Waals surface area contributed by atoms with Crippen LogP contribution in [0.15, 0.2) is 39.8 Å². The molecule has 0 unspecified atom stereocenters. The van der Waals surface area contributed by atoms with Gasteiger partial charge in [0.2, 0.25) is 15.7 Å². The number of carbonyl (C=O) groups is 1. The number of aromatic nitrogens is 2. The van der Waals surface area contributed by atoms with E-state index in [1.807, 2.05) is 12.1 Å². The first-order valence-corrected chi connectivity index (χ1v) is 10.3. The minimum Gasteiger partial charge on any atom is -0.442 e. The van der Waals surface area contributed by atoms with E-state index in [0.29, 0.717) is 18.7 Å². The molecule has 0 fully saturated rings. The molecule has 2 N–H and O–H groups in total. The number of hydrogen-bond acceptors (Lipinski definition) is 6. The lowest BCUT2D eigenvalue weighted by Crippen LogP contribution is -2.37. The number of H-pyrrole nitrogens is 1. The standard InChI is InChI=1S/C18H18N4O5S/c1-11-14(15-17(24)20-10-21-18(15)27-11)16(23)19-7-9-28(25,26)22-8-6-12-4-2-3-5-13(12)22/h2-5,10H,6-9H2,1H3,(H,19,23)(H,20,21,24). The first-order valence-electron chi connectivity index (χ1n) is 8.72. The average Bonchev–Trinajstić information content (AvgIpc) is 3.23. The minimum absolute atomic E-state index is 0.0498. The molecule has 1 aliphatic rings. The summed E-state index contributed by atoms with van der Waals surface area (Å²) < 4.78 is 32.1. The molecule has 1 aromatic carbocycles. The Morgan fingerprint density at radius 2 is 2.14 bits per heavy atom. The summed E-state index contributed by atoms with van der Waals surface area (Å²) in [5.41, 5.74) is 1.31. The van der Waals surface area contributed by atoms with Crippen LogP contribution in [0.2, 0.25) is 0 Å². The van der Waals surface area contributed by atoms with Gasteiger partial charge >= 0.3 is 0 Å². The number of aromatic amines is 1. The summed E-state index contributed by atoms with van der Waals surface area (Å²) >= 11 is 0. The highest BCUT2D eigenvalue weighted by Crippen LogP contribution is 2.29. The van der Waals surface area contributed by atoms with Gasteiger partial charge in [-0.05, 0) is 25.0 Å². The van der Waals surface area contributed by atoms with Crippen molar-refractivity contribution in [1.29, 1.82) is 0 Å². The maximum Gasteiger partial charge on any atom is 0.262 e. The van der Waals surface area contributed by atoms with Gasteiger partial charge in [0.25, 0.3) is 11.5 Å². The zero-order valence-electron chi connectivity index (χ0n) is 15.1. The van der Waals surface area contributed by atoms with E-state index in [4.69, 9.17) is 4.42 Å². The molecule has 0 spiro atoms. The maximum atomic E-state index is 12.7. The fraction of sp³-hybridized carbons (Fsp3) is 0.278. The van der Waals surface area contributed by atoms with Gasteiger partial charge in [0, 0.05) is 13.1 Å². The summed E-state index contributed by atoms with van der Waals surface area (Å²) in [5, 5.41) is 2.61. The lowest BCUT2D eigenvalue weighted by molar-refractivity contribution is 0.0956. The molecule has 2 aromatic heterocycles. The molecule has 0 saturated carbocycles. The maximum absolute atomic E-state index is 12.7. The second kappa shape index (κ2) is 6.79. The van der Waals surface area contributed by atoms with E-state index >= 15 is 0 Å². The SMILES string of the molecule is Cc1oc2nc[nH]c(=O)c2c1C(=O)NCCS(=O)(=O)N1CCc2ccccc21. The largest absolute Gasteiger partial charge is 0.442 e. The van der Waals surface area contributed by atoms with Gasteiger partial charge in [-0.2, -0.15) is 0 Å². The van der Waals surface area contributed by atoms with Crippen LogP contribution in [-0.2, 0) is 16.4 Å². The number of nitrogens with zero attached hydrogens (tertiary/aromatic N) is 2.